The molecule has 6 rings (SSSR count). The number of nitrogens with one attached hydrogen (secondary N) is 1. The van der Waals surface area contributed by atoms with Crippen LogP contribution in [0.3, 0.4) is 0 Å². The van der Waals surface area contributed by atoms with Gasteiger partial charge in [0.15, 0.2) is 5.82 Å². The van der Waals surface area contributed by atoms with E-state index in [9.17, 15) is 14.4 Å². The molecule has 0 unspecified atom stereocenters. The van der Waals surface area contributed by atoms with E-state index < -0.39 is 0 Å². The van der Waals surface area contributed by atoms with Crippen LogP contribution >= 0.6 is 0 Å². The van der Waals surface area contributed by atoms with Crippen molar-refractivity contribution in [3.05, 3.63) is 113 Å². The van der Waals surface area contributed by atoms with Crippen LogP contribution in [0.4, 0.5) is 11.5 Å². The predicted molar refractivity (Wildman–Crippen MR) is 153 cm³/mol. The van der Waals surface area contributed by atoms with Crippen molar-refractivity contribution < 1.29 is 14.3 Å². The third-order valence-corrected chi connectivity index (χ3v) is 7.01. The second-order valence-corrected chi connectivity index (χ2v) is 9.59. The number of morpholine rings is 1. The van der Waals surface area contributed by atoms with Gasteiger partial charge in [-0.05, 0) is 48.5 Å². The number of anilines is 2. The van der Waals surface area contributed by atoms with Crippen LogP contribution in [0.5, 0.6) is 0 Å². The minimum Gasteiger partial charge on any atom is -0.378 e. The van der Waals surface area contributed by atoms with E-state index in [4.69, 9.17) is 4.74 Å². The van der Waals surface area contributed by atoms with Gasteiger partial charge in [-0.25, -0.2) is 4.98 Å². The molecule has 200 valence electrons. The SMILES string of the molecule is Cn1cc(-c2cccc3c2ccn3C(=O)c2ccccc2)nc(Nc2ccc(C(=O)N3CCOCC3)cc2)c1=O. The first-order chi connectivity index (χ1) is 19.5. The van der Waals surface area contributed by atoms with E-state index >= 15 is 0 Å². The van der Waals surface area contributed by atoms with Gasteiger partial charge in [-0.2, -0.15) is 0 Å². The fraction of sp³-hybridized carbons (Fsp3) is 0.161. The van der Waals surface area contributed by atoms with Crippen LogP contribution in [0.2, 0.25) is 0 Å². The molecule has 1 saturated heterocycles. The molecular formula is C31H27N5O4. The number of carbonyl (C=O) groups is 2. The lowest BCUT2D eigenvalue weighted by Gasteiger charge is -2.26. The van der Waals surface area contributed by atoms with Crippen LogP contribution in [0.25, 0.3) is 22.2 Å². The standard InChI is InChI=1S/C31H27N5O4/c1-34-20-26(24-8-5-9-27-25(24)14-15-36(27)30(38)21-6-3-2-4-7-21)33-28(31(34)39)32-23-12-10-22(11-13-23)29(37)35-16-18-40-19-17-35/h2-15,20H,16-19H2,1H3,(H,32,33). The molecule has 1 aliphatic heterocycles. The minimum atomic E-state index is -0.291. The van der Waals surface area contributed by atoms with Crippen LogP contribution in [0.1, 0.15) is 20.7 Å². The van der Waals surface area contributed by atoms with Crippen LogP contribution in [-0.4, -0.2) is 57.1 Å². The van der Waals surface area contributed by atoms with Crippen molar-refractivity contribution in [1.29, 1.82) is 0 Å². The number of benzene rings is 3. The number of fused-ring (bicyclic) bond motifs is 1. The summed E-state index contributed by atoms with van der Waals surface area (Å²) in [7, 11) is 1.67. The van der Waals surface area contributed by atoms with Crippen molar-refractivity contribution in [3.63, 3.8) is 0 Å². The van der Waals surface area contributed by atoms with E-state index in [2.05, 4.69) is 10.3 Å². The summed E-state index contributed by atoms with van der Waals surface area (Å²) in [6.07, 6.45) is 3.44. The summed E-state index contributed by atoms with van der Waals surface area (Å²) in [5.41, 5.74) is 3.64. The molecule has 1 fully saturated rings. The van der Waals surface area contributed by atoms with Gasteiger partial charge in [-0.3, -0.25) is 19.0 Å². The van der Waals surface area contributed by atoms with E-state index in [1.54, 1.807) is 65.3 Å². The first-order valence-electron chi connectivity index (χ1n) is 13.0. The van der Waals surface area contributed by atoms with Gasteiger partial charge in [-0.1, -0.05) is 30.3 Å². The number of nitrogens with zero attached hydrogens (tertiary/aromatic N) is 4. The molecule has 2 aromatic heterocycles. The number of amides is 1. The summed E-state index contributed by atoms with van der Waals surface area (Å²) in [5, 5.41) is 3.96. The average Bonchev–Trinajstić information content (AvgIpc) is 3.44. The molecular weight excluding hydrogens is 506 g/mol. The lowest BCUT2D eigenvalue weighted by atomic mass is 10.1. The van der Waals surface area contributed by atoms with Gasteiger partial charge in [0, 0.05) is 60.3 Å². The molecule has 3 heterocycles. The Bertz CT molecular complexity index is 1770. The fourth-order valence-corrected chi connectivity index (χ4v) is 4.89. The van der Waals surface area contributed by atoms with E-state index in [0.29, 0.717) is 48.8 Å². The van der Waals surface area contributed by atoms with Crippen molar-refractivity contribution in [2.75, 3.05) is 31.6 Å². The Kier molecular flexibility index (Phi) is 6.71. The molecule has 0 radical (unpaired) electrons. The highest BCUT2D eigenvalue weighted by atomic mass is 16.5. The highest BCUT2D eigenvalue weighted by molar-refractivity contribution is 6.05. The molecule has 40 heavy (non-hydrogen) atoms. The summed E-state index contributed by atoms with van der Waals surface area (Å²) in [6, 6.07) is 23.7. The summed E-state index contributed by atoms with van der Waals surface area (Å²) in [5.74, 6) is -0.0141. The van der Waals surface area contributed by atoms with Crippen molar-refractivity contribution in [2.45, 2.75) is 0 Å². The maximum absolute atomic E-state index is 13.1. The van der Waals surface area contributed by atoms with Gasteiger partial charge in [0.1, 0.15) is 0 Å². The number of ether oxygens (including phenoxy) is 1. The zero-order chi connectivity index (χ0) is 27.6. The predicted octanol–water partition coefficient (Wildman–Crippen LogP) is 4.31. The highest BCUT2D eigenvalue weighted by Gasteiger charge is 2.19. The number of rotatable bonds is 5. The fourth-order valence-electron chi connectivity index (χ4n) is 4.89. The molecule has 0 saturated carbocycles. The van der Waals surface area contributed by atoms with Gasteiger partial charge < -0.3 is 19.5 Å². The molecule has 0 bridgehead atoms. The number of aryl methyl sites for hydroxylation is 1. The van der Waals surface area contributed by atoms with Crippen LogP contribution in [0.15, 0.2) is 96.1 Å². The maximum Gasteiger partial charge on any atom is 0.293 e. The lowest BCUT2D eigenvalue weighted by Crippen LogP contribution is -2.40. The smallest absolute Gasteiger partial charge is 0.293 e. The van der Waals surface area contributed by atoms with Crippen LogP contribution in [-0.2, 0) is 11.8 Å². The Morgan fingerprint density at radius 1 is 0.850 bits per heavy atom. The van der Waals surface area contributed by atoms with E-state index in [1.165, 1.54) is 4.57 Å². The number of carbonyl (C=O) groups excluding carboxylic acids is 2. The van der Waals surface area contributed by atoms with Crippen LogP contribution < -0.4 is 10.9 Å². The van der Waals surface area contributed by atoms with Crippen molar-refractivity contribution in [1.82, 2.24) is 19.0 Å². The second kappa shape index (κ2) is 10.6. The van der Waals surface area contributed by atoms with E-state index in [-0.39, 0.29) is 23.2 Å². The molecule has 5 aromatic rings. The van der Waals surface area contributed by atoms with Gasteiger partial charge in [0.2, 0.25) is 0 Å². The van der Waals surface area contributed by atoms with Gasteiger partial charge in [0.05, 0.1) is 24.4 Å². The largest absolute Gasteiger partial charge is 0.378 e. The molecule has 0 aliphatic carbocycles. The Hall–Kier alpha value is -5.02. The summed E-state index contributed by atoms with van der Waals surface area (Å²) < 4.78 is 8.43. The topological polar surface area (TPSA) is 98.5 Å². The first-order valence-corrected chi connectivity index (χ1v) is 13.0. The molecule has 3 aromatic carbocycles. The Morgan fingerprint density at radius 2 is 1.57 bits per heavy atom. The molecule has 9 heteroatoms. The summed E-state index contributed by atoms with van der Waals surface area (Å²) in [4.78, 5) is 45.3. The Morgan fingerprint density at radius 3 is 2.33 bits per heavy atom. The minimum absolute atomic E-state index is 0.0448. The van der Waals surface area contributed by atoms with E-state index in [1.807, 2.05) is 42.5 Å². The summed E-state index contributed by atoms with van der Waals surface area (Å²) >= 11 is 0. The van der Waals surface area contributed by atoms with Gasteiger partial charge in [0.25, 0.3) is 17.4 Å². The third-order valence-electron chi connectivity index (χ3n) is 7.01. The molecule has 0 spiro atoms. The first kappa shape index (κ1) is 25.3. The summed E-state index contributed by atoms with van der Waals surface area (Å²) in [6.45, 7) is 2.22. The molecule has 1 amide bonds. The molecule has 1 N–H and O–H groups in total. The van der Waals surface area contributed by atoms with Crippen molar-refractivity contribution in [2.24, 2.45) is 7.05 Å². The third kappa shape index (κ3) is 4.78. The maximum atomic E-state index is 13.1. The average molecular weight is 534 g/mol. The molecule has 0 atom stereocenters. The van der Waals surface area contributed by atoms with E-state index in [0.717, 1.165) is 16.5 Å². The zero-order valence-electron chi connectivity index (χ0n) is 21.9. The zero-order valence-corrected chi connectivity index (χ0v) is 21.9. The highest BCUT2D eigenvalue weighted by Crippen LogP contribution is 2.29. The van der Waals surface area contributed by atoms with Crippen molar-refractivity contribution in [3.8, 4) is 11.3 Å². The normalized spacial score (nSPS) is 13.4. The quantitative estimate of drug-likeness (QED) is 0.362. The van der Waals surface area contributed by atoms with Gasteiger partial charge in [-0.15, -0.1) is 0 Å². The Labute approximate surface area is 230 Å². The molecule has 1 aliphatic rings. The monoisotopic (exact) mass is 533 g/mol. The van der Waals surface area contributed by atoms with Crippen molar-refractivity contribution >= 4 is 34.2 Å². The van der Waals surface area contributed by atoms with Gasteiger partial charge >= 0.3 is 0 Å². The number of hydrogen-bond acceptors (Lipinski definition) is 6. The number of aromatic nitrogens is 3. The van der Waals surface area contributed by atoms with Crippen LogP contribution in [0, 0.1) is 0 Å². The number of hydrogen-bond donors (Lipinski definition) is 1. The second-order valence-electron chi connectivity index (χ2n) is 9.59. The molecule has 9 nitrogen and oxygen atoms in total. The Balaban J connectivity index is 1.30. The lowest BCUT2D eigenvalue weighted by molar-refractivity contribution is 0.0303.